The standard InChI is InChI=1S/C11H12N2O2/c1-11(9(14)12-10(15)13-11)7-8-5-3-2-4-6-8/h2-6H,7H2,1H3,(H2,12,13,14,15)/t11-/m0/s1. The first kappa shape index (κ1) is 9.71. The molecule has 78 valence electrons. The first-order valence-corrected chi connectivity index (χ1v) is 4.78. The maximum Gasteiger partial charge on any atom is 0.322 e. The van der Waals surface area contributed by atoms with Gasteiger partial charge in [0.15, 0.2) is 0 Å². The Kier molecular flexibility index (Phi) is 2.19. The maximum atomic E-state index is 11.5. The molecular formula is C11H12N2O2. The van der Waals surface area contributed by atoms with Crippen LogP contribution in [0.5, 0.6) is 0 Å². The van der Waals surface area contributed by atoms with Gasteiger partial charge in [0, 0.05) is 6.42 Å². The number of carbonyl (C=O) groups excluding carboxylic acids is 2. The van der Waals surface area contributed by atoms with E-state index in [-0.39, 0.29) is 5.91 Å². The fourth-order valence-electron chi connectivity index (χ4n) is 1.71. The first-order chi connectivity index (χ1) is 7.10. The van der Waals surface area contributed by atoms with Crippen molar-refractivity contribution in [1.29, 1.82) is 0 Å². The van der Waals surface area contributed by atoms with Crippen molar-refractivity contribution in [2.45, 2.75) is 18.9 Å². The summed E-state index contributed by atoms with van der Waals surface area (Å²) in [6.07, 6.45) is 0.505. The van der Waals surface area contributed by atoms with Crippen LogP contribution in [0, 0.1) is 0 Å². The topological polar surface area (TPSA) is 58.2 Å². The average molecular weight is 204 g/mol. The Balaban J connectivity index is 2.18. The van der Waals surface area contributed by atoms with Crippen molar-refractivity contribution in [3.63, 3.8) is 0 Å². The fraction of sp³-hybridized carbons (Fsp3) is 0.273. The Hall–Kier alpha value is -1.84. The maximum absolute atomic E-state index is 11.5. The number of urea groups is 1. The summed E-state index contributed by atoms with van der Waals surface area (Å²) in [5.41, 5.74) is 0.204. The highest BCUT2D eigenvalue weighted by Crippen LogP contribution is 2.16. The predicted octanol–water partition coefficient (Wildman–Crippen LogP) is 0.827. The second-order valence-corrected chi connectivity index (χ2v) is 3.90. The number of rotatable bonds is 2. The lowest BCUT2D eigenvalue weighted by Crippen LogP contribution is -2.45. The van der Waals surface area contributed by atoms with E-state index in [0.29, 0.717) is 6.42 Å². The molecule has 1 atom stereocenters. The van der Waals surface area contributed by atoms with Gasteiger partial charge in [-0.3, -0.25) is 10.1 Å². The van der Waals surface area contributed by atoms with Crippen LogP contribution in [0.15, 0.2) is 30.3 Å². The van der Waals surface area contributed by atoms with Gasteiger partial charge < -0.3 is 5.32 Å². The summed E-state index contributed by atoms with van der Waals surface area (Å²) >= 11 is 0. The molecule has 4 heteroatoms. The third kappa shape index (κ3) is 1.83. The summed E-state index contributed by atoms with van der Waals surface area (Å²) in [5, 5.41) is 4.87. The Morgan fingerprint density at radius 1 is 1.20 bits per heavy atom. The van der Waals surface area contributed by atoms with Crippen LogP contribution in [0.4, 0.5) is 4.79 Å². The van der Waals surface area contributed by atoms with E-state index in [0.717, 1.165) is 5.56 Å². The minimum absolute atomic E-state index is 0.267. The fourth-order valence-corrected chi connectivity index (χ4v) is 1.71. The van der Waals surface area contributed by atoms with E-state index in [1.54, 1.807) is 6.92 Å². The van der Waals surface area contributed by atoms with Crippen LogP contribution in [0.2, 0.25) is 0 Å². The van der Waals surface area contributed by atoms with E-state index in [2.05, 4.69) is 10.6 Å². The molecule has 1 aromatic carbocycles. The second-order valence-electron chi connectivity index (χ2n) is 3.90. The zero-order valence-electron chi connectivity index (χ0n) is 8.41. The summed E-state index contributed by atoms with van der Waals surface area (Å²) in [4.78, 5) is 22.5. The van der Waals surface area contributed by atoms with Crippen molar-refractivity contribution < 1.29 is 9.59 Å². The smallest absolute Gasteiger partial charge is 0.322 e. The van der Waals surface area contributed by atoms with Crippen LogP contribution in [-0.4, -0.2) is 17.5 Å². The number of hydrogen-bond acceptors (Lipinski definition) is 2. The van der Waals surface area contributed by atoms with Gasteiger partial charge in [-0.05, 0) is 12.5 Å². The number of amides is 3. The van der Waals surface area contributed by atoms with Gasteiger partial charge in [0.2, 0.25) is 0 Å². The summed E-state index contributed by atoms with van der Waals surface area (Å²) in [5.74, 6) is -0.267. The SMILES string of the molecule is C[C@@]1(Cc2ccccc2)NC(=O)NC1=O. The van der Waals surface area contributed by atoms with E-state index < -0.39 is 11.6 Å². The molecule has 15 heavy (non-hydrogen) atoms. The highest BCUT2D eigenvalue weighted by atomic mass is 16.2. The Labute approximate surface area is 87.7 Å². The lowest BCUT2D eigenvalue weighted by atomic mass is 9.93. The average Bonchev–Trinajstić information content (AvgIpc) is 2.41. The largest absolute Gasteiger partial charge is 0.323 e. The molecule has 1 aliphatic heterocycles. The molecule has 0 spiro atoms. The van der Waals surface area contributed by atoms with E-state index in [4.69, 9.17) is 0 Å². The molecule has 2 N–H and O–H groups in total. The van der Waals surface area contributed by atoms with Crippen molar-refractivity contribution in [2.75, 3.05) is 0 Å². The molecule has 1 fully saturated rings. The molecule has 1 saturated heterocycles. The summed E-state index contributed by atoms with van der Waals surface area (Å²) in [6.45, 7) is 1.72. The monoisotopic (exact) mass is 204 g/mol. The van der Waals surface area contributed by atoms with Gasteiger partial charge in [0.05, 0.1) is 0 Å². The molecule has 0 aliphatic carbocycles. The van der Waals surface area contributed by atoms with Gasteiger partial charge in [-0.1, -0.05) is 30.3 Å². The summed E-state index contributed by atoms with van der Waals surface area (Å²) < 4.78 is 0. The molecule has 1 heterocycles. The van der Waals surface area contributed by atoms with Gasteiger partial charge in [-0.15, -0.1) is 0 Å². The minimum atomic E-state index is -0.821. The molecule has 1 aromatic rings. The Morgan fingerprint density at radius 3 is 2.40 bits per heavy atom. The Morgan fingerprint density at radius 2 is 1.87 bits per heavy atom. The number of nitrogens with one attached hydrogen (secondary N) is 2. The summed E-state index contributed by atoms with van der Waals surface area (Å²) in [6, 6.07) is 9.18. The molecule has 0 bridgehead atoms. The van der Waals surface area contributed by atoms with Gasteiger partial charge in [-0.25, -0.2) is 4.79 Å². The zero-order chi connectivity index (χ0) is 10.9. The third-order valence-electron chi connectivity index (χ3n) is 2.52. The molecule has 0 saturated carbocycles. The zero-order valence-corrected chi connectivity index (χ0v) is 8.41. The van der Waals surface area contributed by atoms with Crippen LogP contribution >= 0.6 is 0 Å². The van der Waals surface area contributed by atoms with E-state index >= 15 is 0 Å². The van der Waals surface area contributed by atoms with Gasteiger partial charge in [0.25, 0.3) is 5.91 Å². The van der Waals surface area contributed by atoms with Crippen LogP contribution in [0.1, 0.15) is 12.5 Å². The van der Waals surface area contributed by atoms with E-state index in [9.17, 15) is 9.59 Å². The molecule has 2 rings (SSSR count). The van der Waals surface area contributed by atoms with Crippen molar-refractivity contribution in [1.82, 2.24) is 10.6 Å². The van der Waals surface area contributed by atoms with Gasteiger partial charge in [-0.2, -0.15) is 0 Å². The quantitative estimate of drug-likeness (QED) is 0.701. The van der Waals surface area contributed by atoms with Crippen molar-refractivity contribution >= 4 is 11.9 Å². The van der Waals surface area contributed by atoms with Crippen LogP contribution in [0.3, 0.4) is 0 Å². The number of hydrogen-bond donors (Lipinski definition) is 2. The molecule has 4 nitrogen and oxygen atoms in total. The lowest BCUT2D eigenvalue weighted by molar-refractivity contribution is -0.123. The van der Waals surface area contributed by atoms with Gasteiger partial charge >= 0.3 is 6.03 Å². The van der Waals surface area contributed by atoms with E-state index in [1.807, 2.05) is 30.3 Å². The molecule has 1 aliphatic rings. The second kappa shape index (κ2) is 3.38. The van der Waals surface area contributed by atoms with Crippen molar-refractivity contribution in [2.24, 2.45) is 0 Å². The molecule has 0 radical (unpaired) electrons. The van der Waals surface area contributed by atoms with Crippen LogP contribution in [-0.2, 0) is 11.2 Å². The highest BCUT2D eigenvalue weighted by Gasteiger charge is 2.41. The van der Waals surface area contributed by atoms with E-state index in [1.165, 1.54) is 0 Å². The van der Waals surface area contributed by atoms with Crippen LogP contribution in [0.25, 0.3) is 0 Å². The lowest BCUT2D eigenvalue weighted by Gasteiger charge is -2.20. The third-order valence-corrected chi connectivity index (χ3v) is 2.52. The number of benzene rings is 1. The number of imide groups is 1. The van der Waals surface area contributed by atoms with Crippen molar-refractivity contribution in [3.05, 3.63) is 35.9 Å². The minimum Gasteiger partial charge on any atom is -0.323 e. The normalized spacial score (nSPS) is 24.9. The van der Waals surface area contributed by atoms with Crippen molar-refractivity contribution in [3.8, 4) is 0 Å². The Bertz CT molecular complexity index is 402. The first-order valence-electron chi connectivity index (χ1n) is 4.78. The number of carbonyl (C=O) groups is 2. The van der Waals surface area contributed by atoms with Crippen LogP contribution < -0.4 is 10.6 Å². The predicted molar refractivity (Wildman–Crippen MR) is 55.2 cm³/mol. The molecule has 0 aromatic heterocycles. The van der Waals surface area contributed by atoms with Gasteiger partial charge in [0.1, 0.15) is 5.54 Å². The molecular weight excluding hydrogens is 192 g/mol. The molecule has 3 amide bonds. The molecule has 0 unspecified atom stereocenters. The highest BCUT2D eigenvalue weighted by molar-refractivity contribution is 6.06. The summed E-state index contributed by atoms with van der Waals surface area (Å²) in [7, 11) is 0.